The van der Waals surface area contributed by atoms with E-state index in [-0.39, 0.29) is 5.60 Å². The molecule has 1 fully saturated rings. The fourth-order valence-corrected chi connectivity index (χ4v) is 2.84. The molecule has 1 aromatic carbocycles. The Morgan fingerprint density at radius 1 is 1.53 bits per heavy atom. The van der Waals surface area contributed by atoms with Crippen molar-refractivity contribution in [2.75, 3.05) is 20.2 Å². The van der Waals surface area contributed by atoms with Gasteiger partial charge in [-0.2, -0.15) is 5.26 Å². The Bertz CT molecular complexity index is 497. The molecule has 1 aliphatic heterocycles. The van der Waals surface area contributed by atoms with Gasteiger partial charge in [0.1, 0.15) is 0 Å². The Hall–Kier alpha value is -1.08. The molecule has 1 heterocycles. The minimum atomic E-state index is -0.0582. The second kappa shape index (κ2) is 5.92. The molecule has 2 rings (SSSR count). The molecule has 0 aromatic heterocycles. The molecule has 0 saturated carbocycles. The first kappa shape index (κ1) is 14.3. The van der Waals surface area contributed by atoms with Gasteiger partial charge < -0.3 is 4.74 Å². The predicted molar refractivity (Wildman–Crippen MR) is 76.1 cm³/mol. The highest BCUT2D eigenvalue weighted by Gasteiger charge is 2.30. The lowest BCUT2D eigenvalue weighted by molar-refractivity contribution is -0.0526. The van der Waals surface area contributed by atoms with Crippen molar-refractivity contribution in [3.8, 4) is 6.07 Å². The van der Waals surface area contributed by atoms with E-state index < -0.39 is 0 Å². The SMILES string of the molecule is COC1(C)CCCN(Cc2ccc(C#N)cc2Cl)C1. The average molecular weight is 279 g/mol. The third-order valence-corrected chi connectivity index (χ3v) is 4.16. The molecule has 19 heavy (non-hydrogen) atoms. The summed E-state index contributed by atoms with van der Waals surface area (Å²) in [7, 11) is 1.78. The zero-order chi connectivity index (χ0) is 13.9. The van der Waals surface area contributed by atoms with Crippen LogP contribution in [-0.2, 0) is 11.3 Å². The number of halogens is 1. The minimum absolute atomic E-state index is 0.0582. The van der Waals surface area contributed by atoms with Crippen molar-refractivity contribution in [2.24, 2.45) is 0 Å². The summed E-state index contributed by atoms with van der Waals surface area (Å²) in [6, 6.07) is 7.60. The van der Waals surface area contributed by atoms with Gasteiger partial charge in [-0.25, -0.2) is 0 Å². The maximum absolute atomic E-state index is 8.84. The molecule has 102 valence electrons. The first-order valence-electron chi connectivity index (χ1n) is 6.52. The number of nitriles is 1. The van der Waals surface area contributed by atoms with E-state index in [1.165, 1.54) is 0 Å². The van der Waals surface area contributed by atoms with E-state index in [0.29, 0.717) is 10.6 Å². The predicted octanol–water partition coefficient (Wildman–Crippen LogP) is 3.21. The Balaban J connectivity index is 2.07. The summed E-state index contributed by atoms with van der Waals surface area (Å²) in [6.45, 7) is 4.94. The van der Waals surface area contributed by atoms with Gasteiger partial charge in [0.25, 0.3) is 0 Å². The van der Waals surface area contributed by atoms with E-state index in [9.17, 15) is 0 Å². The van der Waals surface area contributed by atoms with Gasteiger partial charge in [0, 0.05) is 25.2 Å². The van der Waals surface area contributed by atoms with Crippen LogP contribution in [0.4, 0.5) is 0 Å². The smallest absolute Gasteiger partial charge is 0.0992 e. The zero-order valence-corrected chi connectivity index (χ0v) is 12.2. The highest BCUT2D eigenvalue weighted by atomic mass is 35.5. The van der Waals surface area contributed by atoms with Crippen LogP contribution in [-0.4, -0.2) is 30.7 Å². The van der Waals surface area contributed by atoms with E-state index in [1.54, 1.807) is 13.2 Å². The van der Waals surface area contributed by atoms with Crippen LogP contribution in [0, 0.1) is 11.3 Å². The topological polar surface area (TPSA) is 36.3 Å². The number of hydrogen-bond acceptors (Lipinski definition) is 3. The van der Waals surface area contributed by atoms with Crippen LogP contribution in [0.5, 0.6) is 0 Å². The number of ether oxygens (including phenoxy) is 1. The molecule has 4 heteroatoms. The number of hydrogen-bond donors (Lipinski definition) is 0. The maximum Gasteiger partial charge on any atom is 0.0992 e. The van der Waals surface area contributed by atoms with Crippen LogP contribution in [0.25, 0.3) is 0 Å². The summed E-state index contributed by atoms with van der Waals surface area (Å²) < 4.78 is 5.60. The van der Waals surface area contributed by atoms with Crippen molar-refractivity contribution in [1.29, 1.82) is 5.26 Å². The Labute approximate surface area is 119 Å². The highest BCUT2D eigenvalue weighted by Crippen LogP contribution is 2.26. The van der Waals surface area contributed by atoms with Crippen LogP contribution < -0.4 is 0 Å². The monoisotopic (exact) mass is 278 g/mol. The van der Waals surface area contributed by atoms with Crippen LogP contribution in [0.1, 0.15) is 30.9 Å². The normalized spacial score (nSPS) is 24.1. The quantitative estimate of drug-likeness (QED) is 0.852. The number of methoxy groups -OCH3 is 1. The van der Waals surface area contributed by atoms with Crippen molar-refractivity contribution >= 4 is 11.6 Å². The molecule has 0 aliphatic carbocycles. The van der Waals surface area contributed by atoms with E-state index in [4.69, 9.17) is 21.6 Å². The van der Waals surface area contributed by atoms with Gasteiger partial charge in [-0.3, -0.25) is 4.90 Å². The second-order valence-corrected chi connectivity index (χ2v) is 5.79. The van der Waals surface area contributed by atoms with Crippen molar-refractivity contribution in [2.45, 2.75) is 31.9 Å². The summed E-state index contributed by atoms with van der Waals surface area (Å²) in [5.74, 6) is 0. The lowest BCUT2D eigenvalue weighted by Gasteiger charge is -2.39. The lowest BCUT2D eigenvalue weighted by Crippen LogP contribution is -2.46. The van der Waals surface area contributed by atoms with Crippen LogP contribution in [0.15, 0.2) is 18.2 Å². The molecule has 1 saturated heterocycles. The third-order valence-electron chi connectivity index (χ3n) is 3.81. The lowest BCUT2D eigenvalue weighted by atomic mass is 9.94. The average Bonchev–Trinajstić information content (AvgIpc) is 2.41. The van der Waals surface area contributed by atoms with Gasteiger partial charge in [0.2, 0.25) is 0 Å². The van der Waals surface area contributed by atoms with Gasteiger partial charge in [0.15, 0.2) is 0 Å². The van der Waals surface area contributed by atoms with E-state index in [1.807, 2.05) is 12.1 Å². The van der Waals surface area contributed by atoms with Crippen molar-refractivity contribution in [3.63, 3.8) is 0 Å². The molecule has 1 unspecified atom stereocenters. The summed E-state index contributed by atoms with van der Waals surface area (Å²) in [6.07, 6.45) is 2.24. The summed E-state index contributed by atoms with van der Waals surface area (Å²) in [5, 5.41) is 9.51. The van der Waals surface area contributed by atoms with Gasteiger partial charge in [-0.05, 0) is 44.0 Å². The first-order valence-corrected chi connectivity index (χ1v) is 6.90. The summed E-state index contributed by atoms with van der Waals surface area (Å²) in [5.41, 5.74) is 1.62. The number of nitrogens with zero attached hydrogens (tertiary/aromatic N) is 2. The molecule has 1 aliphatic rings. The van der Waals surface area contributed by atoms with E-state index in [0.717, 1.165) is 38.0 Å². The highest BCUT2D eigenvalue weighted by molar-refractivity contribution is 6.31. The molecule has 0 amide bonds. The largest absolute Gasteiger partial charge is 0.377 e. The van der Waals surface area contributed by atoms with Crippen LogP contribution in [0.3, 0.4) is 0 Å². The minimum Gasteiger partial charge on any atom is -0.377 e. The molecule has 0 bridgehead atoms. The Morgan fingerprint density at radius 3 is 2.95 bits per heavy atom. The second-order valence-electron chi connectivity index (χ2n) is 5.39. The first-order chi connectivity index (χ1) is 9.06. The summed E-state index contributed by atoms with van der Waals surface area (Å²) in [4.78, 5) is 2.36. The molecule has 3 nitrogen and oxygen atoms in total. The summed E-state index contributed by atoms with van der Waals surface area (Å²) >= 11 is 6.22. The Kier molecular flexibility index (Phi) is 4.46. The Morgan fingerprint density at radius 2 is 2.32 bits per heavy atom. The molecule has 0 N–H and O–H groups in total. The molecular weight excluding hydrogens is 260 g/mol. The van der Waals surface area contributed by atoms with E-state index in [2.05, 4.69) is 17.9 Å². The third kappa shape index (κ3) is 3.48. The van der Waals surface area contributed by atoms with Crippen LogP contribution >= 0.6 is 11.6 Å². The van der Waals surface area contributed by atoms with Crippen molar-refractivity contribution in [1.82, 2.24) is 4.90 Å². The van der Waals surface area contributed by atoms with Crippen molar-refractivity contribution in [3.05, 3.63) is 34.3 Å². The fourth-order valence-electron chi connectivity index (χ4n) is 2.60. The van der Waals surface area contributed by atoms with E-state index >= 15 is 0 Å². The van der Waals surface area contributed by atoms with Gasteiger partial charge in [0.05, 0.1) is 17.2 Å². The number of likely N-dealkylation sites (tertiary alicyclic amines) is 1. The van der Waals surface area contributed by atoms with Crippen molar-refractivity contribution < 1.29 is 4.74 Å². The molecule has 0 radical (unpaired) electrons. The molecular formula is C15H19ClN2O. The maximum atomic E-state index is 8.84. The van der Waals surface area contributed by atoms with Gasteiger partial charge >= 0.3 is 0 Å². The molecule has 1 atom stereocenters. The number of piperidine rings is 1. The van der Waals surface area contributed by atoms with Crippen LogP contribution in [0.2, 0.25) is 5.02 Å². The molecule has 1 aromatic rings. The molecule has 0 spiro atoms. The van der Waals surface area contributed by atoms with Gasteiger partial charge in [-0.15, -0.1) is 0 Å². The number of benzene rings is 1. The fraction of sp³-hybridized carbons (Fsp3) is 0.533. The number of rotatable bonds is 3. The zero-order valence-electron chi connectivity index (χ0n) is 11.4. The van der Waals surface area contributed by atoms with Gasteiger partial charge in [-0.1, -0.05) is 17.7 Å². The standard InChI is InChI=1S/C15H19ClN2O/c1-15(19-2)6-3-7-18(11-15)10-13-5-4-12(9-17)8-14(13)16/h4-5,8H,3,6-7,10-11H2,1-2H3.